The first-order valence-corrected chi connectivity index (χ1v) is 16.7. The topological polar surface area (TPSA) is 83.0 Å². The molecule has 0 atom stereocenters. The summed E-state index contributed by atoms with van der Waals surface area (Å²) in [5, 5.41) is 9.78. The molecule has 3 aromatic rings. The van der Waals surface area contributed by atoms with E-state index < -0.39 is 5.97 Å². The van der Waals surface area contributed by atoms with Gasteiger partial charge in [0.2, 0.25) is 5.88 Å². The Morgan fingerprint density at radius 2 is 1.79 bits per heavy atom. The Labute approximate surface area is 285 Å². The summed E-state index contributed by atoms with van der Waals surface area (Å²) in [6, 6.07) is 15.7. The summed E-state index contributed by atoms with van der Waals surface area (Å²) in [5.74, 6) is -0.133. The van der Waals surface area contributed by atoms with Crippen molar-refractivity contribution in [2.45, 2.75) is 78.7 Å². The number of ketones is 1. The summed E-state index contributed by atoms with van der Waals surface area (Å²) in [7, 11) is 0. The van der Waals surface area contributed by atoms with Crippen LogP contribution < -0.4 is 9.64 Å². The van der Waals surface area contributed by atoms with Crippen molar-refractivity contribution < 1.29 is 23.8 Å². The highest BCUT2D eigenvalue weighted by atomic mass is 35.5. The molecule has 1 fully saturated rings. The number of carboxylic acid groups (broad SMARTS) is 1. The Kier molecular flexibility index (Phi) is 17.6. The van der Waals surface area contributed by atoms with E-state index >= 15 is 0 Å². The van der Waals surface area contributed by atoms with E-state index in [4.69, 9.17) is 21.3 Å². The standard InChI is InChI=1S/C30H35ClFN3O3.C6H12O.C2H2/c1-3-13-35(28-18-23(30(36)37)8-7-21(28)2)17-16-34-14-11-22(12-15-34)27-5-4-6-29(33-27)38-20-24-9-10-25(31)19-26(24)32;1-3-4-5-6(2)7;1-2/h4-10,18-19,22H,3,11-17,20H2,1-2H3,(H,36,37);3-5H2,1-2H3;1-2H. The predicted octanol–water partition coefficient (Wildman–Crippen LogP) is 8.57. The molecule has 1 aliphatic rings. The molecule has 2 heterocycles. The van der Waals surface area contributed by atoms with Crippen LogP contribution in [0.15, 0.2) is 54.6 Å². The van der Waals surface area contributed by atoms with Gasteiger partial charge in [-0.2, -0.15) is 0 Å². The smallest absolute Gasteiger partial charge is 0.335 e. The van der Waals surface area contributed by atoms with E-state index in [9.17, 15) is 19.1 Å². The molecule has 1 aromatic heterocycles. The fraction of sp³-hybridized carbons (Fsp3) is 0.447. The van der Waals surface area contributed by atoms with Crippen LogP contribution >= 0.6 is 11.6 Å². The summed E-state index contributed by atoms with van der Waals surface area (Å²) in [6.07, 6.45) is 13.9. The van der Waals surface area contributed by atoms with Crippen molar-refractivity contribution in [1.29, 1.82) is 0 Å². The summed E-state index contributed by atoms with van der Waals surface area (Å²) in [4.78, 5) is 31.2. The summed E-state index contributed by atoms with van der Waals surface area (Å²) in [5.41, 5.74) is 3.86. The minimum absolute atomic E-state index is 0.0982. The van der Waals surface area contributed by atoms with Gasteiger partial charge >= 0.3 is 5.97 Å². The number of terminal acetylenes is 1. The first kappa shape index (κ1) is 39.2. The lowest BCUT2D eigenvalue weighted by atomic mass is 9.93. The molecule has 0 spiro atoms. The van der Waals surface area contributed by atoms with Crippen LogP contribution in [0.4, 0.5) is 10.1 Å². The van der Waals surface area contributed by atoms with Crippen molar-refractivity contribution >= 4 is 29.0 Å². The number of pyridine rings is 1. The van der Waals surface area contributed by atoms with Gasteiger partial charge in [0.1, 0.15) is 18.2 Å². The Balaban J connectivity index is 0.000000756. The third-order valence-electron chi connectivity index (χ3n) is 8.00. The van der Waals surface area contributed by atoms with Crippen molar-refractivity contribution in [3.05, 3.63) is 87.8 Å². The van der Waals surface area contributed by atoms with E-state index in [1.807, 2.05) is 25.1 Å². The fourth-order valence-corrected chi connectivity index (χ4v) is 5.53. The number of Topliss-reactive ketones (excluding diaryl/α,β-unsaturated/α-hetero) is 1. The molecule has 254 valence electrons. The van der Waals surface area contributed by atoms with Crippen molar-refractivity contribution in [1.82, 2.24) is 9.88 Å². The van der Waals surface area contributed by atoms with Gasteiger partial charge in [-0.1, -0.05) is 50.1 Å². The van der Waals surface area contributed by atoms with Crippen molar-refractivity contribution in [2.75, 3.05) is 37.6 Å². The monoisotopic (exact) mass is 665 g/mol. The average molecular weight is 666 g/mol. The number of rotatable bonds is 14. The number of carbonyl (C=O) groups is 2. The van der Waals surface area contributed by atoms with E-state index in [0.29, 0.717) is 33.7 Å². The Bertz CT molecular complexity index is 1440. The third kappa shape index (κ3) is 13.4. The van der Waals surface area contributed by atoms with Gasteiger partial charge in [0.05, 0.1) is 5.56 Å². The molecule has 1 saturated heterocycles. The highest BCUT2D eigenvalue weighted by Crippen LogP contribution is 2.29. The largest absolute Gasteiger partial charge is 0.478 e. The molecule has 4 rings (SSSR count). The highest BCUT2D eigenvalue weighted by Gasteiger charge is 2.23. The summed E-state index contributed by atoms with van der Waals surface area (Å²) < 4.78 is 19.8. The van der Waals surface area contributed by atoms with E-state index in [2.05, 4.69) is 36.5 Å². The molecule has 7 nitrogen and oxygen atoms in total. The molecule has 0 radical (unpaired) electrons. The maximum Gasteiger partial charge on any atom is 0.335 e. The summed E-state index contributed by atoms with van der Waals surface area (Å²) >= 11 is 5.83. The minimum Gasteiger partial charge on any atom is -0.478 e. The Hall–Kier alpha value is -3.93. The minimum atomic E-state index is -0.898. The molecular weight excluding hydrogens is 617 g/mol. The third-order valence-corrected chi connectivity index (χ3v) is 8.24. The van der Waals surface area contributed by atoms with Gasteiger partial charge in [-0.15, -0.1) is 12.8 Å². The van der Waals surface area contributed by atoms with Crippen LogP contribution in [0.3, 0.4) is 0 Å². The number of piperidine rings is 1. The van der Waals surface area contributed by atoms with Crippen LogP contribution in [-0.4, -0.2) is 59.5 Å². The lowest BCUT2D eigenvalue weighted by Crippen LogP contribution is -2.40. The number of aryl methyl sites for hydroxylation is 1. The summed E-state index contributed by atoms with van der Waals surface area (Å²) in [6.45, 7) is 12.6. The average Bonchev–Trinajstić information content (AvgIpc) is 3.07. The number of carbonyl (C=O) groups excluding carboxylic acids is 1. The first-order valence-electron chi connectivity index (χ1n) is 16.3. The van der Waals surface area contributed by atoms with Crippen LogP contribution in [0, 0.1) is 25.6 Å². The number of anilines is 1. The van der Waals surface area contributed by atoms with E-state index in [1.54, 1.807) is 37.3 Å². The Morgan fingerprint density at radius 3 is 2.38 bits per heavy atom. The molecule has 0 amide bonds. The zero-order valence-corrected chi connectivity index (χ0v) is 28.9. The maximum absolute atomic E-state index is 14.1. The number of unbranched alkanes of at least 4 members (excludes halogenated alkanes) is 1. The van der Waals surface area contributed by atoms with E-state index in [0.717, 1.165) is 88.2 Å². The molecule has 9 heteroatoms. The van der Waals surface area contributed by atoms with Gasteiger partial charge in [0, 0.05) is 60.0 Å². The second kappa shape index (κ2) is 21.0. The zero-order valence-electron chi connectivity index (χ0n) is 28.2. The number of ether oxygens (including phenoxy) is 1. The molecule has 0 saturated carbocycles. The molecule has 1 N–H and O–H groups in total. The molecule has 0 unspecified atom stereocenters. The van der Waals surface area contributed by atoms with Crippen LogP contribution in [0.25, 0.3) is 0 Å². The number of hydrogen-bond acceptors (Lipinski definition) is 6. The maximum atomic E-state index is 14.1. The molecule has 47 heavy (non-hydrogen) atoms. The van der Waals surface area contributed by atoms with Gasteiger partial charge in [0.25, 0.3) is 0 Å². The van der Waals surface area contributed by atoms with Crippen LogP contribution in [0.1, 0.15) is 92.4 Å². The van der Waals surface area contributed by atoms with Crippen LogP contribution in [-0.2, 0) is 11.4 Å². The normalized spacial score (nSPS) is 13.0. The van der Waals surface area contributed by atoms with Crippen molar-refractivity contribution in [3.8, 4) is 18.7 Å². The second-order valence-corrected chi connectivity index (χ2v) is 12.1. The van der Waals surface area contributed by atoms with Crippen molar-refractivity contribution in [2.24, 2.45) is 0 Å². The number of hydrogen-bond donors (Lipinski definition) is 1. The van der Waals surface area contributed by atoms with Gasteiger partial charge in [-0.25, -0.2) is 14.2 Å². The molecular formula is C38H49ClFN3O4. The fourth-order valence-electron chi connectivity index (χ4n) is 5.37. The lowest BCUT2D eigenvalue weighted by Gasteiger charge is -2.34. The number of halogens is 2. The highest BCUT2D eigenvalue weighted by molar-refractivity contribution is 6.30. The van der Waals surface area contributed by atoms with E-state index in [1.165, 1.54) is 6.07 Å². The number of aromatic carboxylic acids is 1. The second-order valence-electron chi connectivity index (χ2n) is 11.6. The number of aromatic nitrogens is 1. The van der Waals surface area contributed by atoms with Gasteiger partial charge < -0.3 is 24.4 Å². The number of benzene rings is 2. The molecule has 2 aromatic carbocycles. The number of carboxylic acids is 1. The van der Waals surface area contributed by atoms with Gasteiger partial charge in [-0.3, -0.25) is 0 Å². The first-order chi connectivity index (χ1) is 22.6. The molecule has 0 aliphatic carbocycles. The van der Waals surface area contributed by atoms with Gasteiger partial charge in [-0.05, 0) is 88.5 Å². The molecule has 0 bridgehead atoms. The quantitative estimate of drug-likeness (QED) is 0.173. The molecule has 1 aliphatic heterocycles. The number of nitrogens with zero attached hydrogens (tertiary/aromatic N) is 3. The van der Waals surface area contributed by atoms with Crippen molar-refractivity contribution in [3.63, 3.8) is 0 Å². The van der Waals surface area contributed by atoms with Gasteiger partial charge in [0.15, 0.2) is 0 Å². The zero-order chi connectivity index (χ0) is 34.8. The lowest BCUT2D eigenvalue weighted by molar-refractivity contribution is -0.117. The SMILES string of the molecule is C#C.CCCCC(C)=O.CCCN(CCN1CCC(c2cccc(OCc3ccc(Cl)cc3F)n2)CC1)c1cc(C(=O)O)ccc1C. The van der Waals surface area contributed by atoms with Crippen LogP contribution in [0.2, 0.25) is 5.02 Å². The predicted molar refractivity (Wildman–Crippen MR) is 189 cm³/mol. The van der Waals surface area contributed by atoms with Crippen LogP contribution in [0.5, 0.6) is 5.88 Å². The number of likely N-dealkylation sites (tertiary alicyclic amines) is 1. The van der Waals surface area contributed by atoms with E-state index in [-0.39, 0.29) is 12.4 Å². The Morgan fingerprint density at radius 1 is 1.06 bits per heavy atom.